The van der Waals surface area contributed by atoms with E-state index in [0.717, 1.165) is 18.2 Å². The molecule has 2 aliphatic carbocycles. The fourth-order valence-corrected chi connectivity index (χ4v) is 5.26. The largest absolute Gasteiger partial charge is 0.490 e. The van der Waals surface area contributed by atoms with Crippen molar-refractivity contribution >= 4 is 10.8 Å². The molecule has 0 bridgehead atoms. The third kappa shape index (κ3) is 5.54. The van der Waals surface area contributed by atoms with Gasteiger partial charge in [0.25, 0.3) is 0 Å². The molecule has 0 amide bonds. The highest BCUT2D eigenvalue weighted by molar-refractivity contribution is 5.84. The first-order chi connectivity index (χ1) is 14.0. The summed E-state index contributed by atoms with van der Waals surface area (Å²) < 4.78 is 6.37. The molecule has 0 unspecified atom stereocenters. The normalized spacial score (nSPS) is 24.0. The molecule has 29 heavy (non-hydrogen) atoms. The first-order valence-corrected chi connectivity index (χ1v) is 11.9. The summed E-state index contributed by atoms with van der Waals surface area (Å²) in [6.45, 7) is 8.11. The Morgan fingerprint density at radius 3 is 2.24 bits per heavy atom. The van der Waals surface area contributed by atoms with Gasteiger partial charge in [-0.05, 0) is 84.4 Å². The molecule has 0 aromatic heterocycles. The Hall–Kier alpha value is -1.54. The lowest BCUT2D eigenvalue weighted by molar-refractivity contribution is 0.0883. The van der Waals surface area contributed by atoms with Gasteiger partial charge in [-0.1, -0.05) is 58.2 Å². The van der Waals surface area contributed by atoms with E-state index in [4.69, 9.17) is 4.74 Å². The van der Waals surface area contributed by atoms with E-state index in [1.54, 1.807) is 0 Å². The molecule has 0 heterocycles. The molecule has 158 valence electrons. The van der Waals surface area contributed by atoms with Gasteiger partial charge < -0.3 is 10.1 Å². The number of fused-ring (bicyclic) bond motifs is 1. The van der Waals surface area contributed by atoms with Crippen LogP contribution in [0, 0.1) is 11.3 Å². The van der Waals surface area contributed by atoms with Crippen LogP contribution >= 0.6 is 0 Å². The second-order valence-electron chi connectivity index (χ2n) is 10.5. The van der Waals surface area contributed by atoms with Crippen LogP contribution in [-0.4, -0.2) is 12.1 Å². The third-order valence-corrected chi connectivity index (χ3v) is 7.28. The SMILES string of the molecule is CC(C)(C)C1CCC(Oc2ccc3cc(CNC4CCCCC4)ccc3c2)CC1. The van der Waals surface area contributed by atoms with E-state index in [-0.39, 0.29) is 0 Å². The van der Waals surface area contributed by atoms with Crippen molar-refractivity contribution in [3.63, 3.8) is 0 Å². The quantitative estimate of drug-likeness (QED) is 0.578. The molecule has 2 aromatic carbocycles. The van der Waals surface area contributed by atoms with Gasteiger partial charge in [-0.15, -0.1) is 0 Å². The lowest BCUT2D eigenvalue weighted by Crippen LogP contribution is -2.30. The third-order valence-electron chi connectivity index (χ3n) is 7.28. The van der Waals surface area contributed by atoms with E-state index in [0.29, 0.717) is 17.6 Å². The van der Waals surface area contributed by atoms with Gasteiger partial charge in [-0.2, -0.15) is 0 Å². The summed E-state index contributed by atoms with van der Waals surface area (Å²) >= 11 is 0. The fourth-order valence-electron chi connectivity index (χ4n) is 5.26. The summed E-state index contributed by atoms with van der Waals surface area (Å²) in [5.74, 6) is 1.87. The number of benzene rings is 2. The molecule has 2 nitrogen and oxygen atoms in total. The molecular formula is C27H39NO. The second-order valence-corrected chi connectivity index (χ2v) is 10.5. The lowest BCUT2D eigenvalue weighted by atomic mass is 9.72. The van der Waals surface area contributed by atoms with E-state index in [1.807, 2.05) is 0 Å². The van der Waals surface area contributed by atoms with Crippen LogP contribution in [0.4, 0.5) is 0 Å². The van der Waals surface area contributed by atoms with Crippen molar-refractivity contribution in [2.45, 2.75) is 97.2 Å². The first-order valence-electron chi connectivity index (χ1n) is 11.9. The Morgan fingerprint density at radius 2 is 1.52 bits per heavy atom. The average molecular weight is 394 g/mol. The van der Waals surface area contributed by atoms with Gasteiger partial charge in [-0.3, -0.25) is 0 Å². The van der Waals surface area contributed by atoms with E-state index in [1.165, 1.54) is 74.1 Å². The molecule has 2 fully saturated rings. The minimum atomic E-state index is 0.380. The van der Waals surface area contributed by atoms with Crippen molar-refractivity contribution in [3.05, 3.63) is 42.0 Å². The Balaban J connectivity index is 1.33. The van der Waals surface area contributed by atoms with Gasteiger partial charge in [-0.25, -0.2) is 0 Å². The smallest absolute Gasteiger partial charge is 0.120 e. The Morgan fingerprint density at radius 1 is 0.828 bits per heavy atom. The highest BCUT2D eigenvalue weighted by atomic mass is 16.5. The van der Waals surface area contributed by atoms with Gasteiger partial charge in [0.15, 0.2) is 0 Å². The van der Waals surface area contributed by atoms with Gasteiger partial charge in [0.2, 0.25) is 0 Å². The van der Waals surface area contributed by atoms with Crippen LogP contribution in [-0.2, 0) is 6.54 Å². The van der Waals surface area contributed by atoms with Crippen LogP contribution in [0.2, 0.25) is 0 Å². The fraction of sp³-hybridized carbons (Fsp3) is 0.630. The van der Waals surface area contributed by atoms with Crippen molar-refractivity contribution in [2.24, 2.45) is 11.3 Å². The molecule has 0 spiro atoms. The number of hydrogen-bond acceptors (Lipinski definition) is 2. The molecule has 0 radical (unpaired) electrons. The summed E-state index contributed by atoms with van der Waals surface area (Å²) in [4.78, 5) is 0. The standard InChI is InChI=1S/C27H39NO/c1-27(2,3)23-12-15-25(16-13-23)29-26-14-11-21-17-20(9-10-22(21)18-26)19-28-24-7-5-4-6-8-24/h9-11,14,17-18,23-25,28H,4-8,12-13,15-16,19H2,1-3H3. The summed E-state index contributed by atoms with van der Waals surface area (Å²) in [6.07, 6.45) is 12.2. The van der Waals surface area contributed by atoms with Crippen molar-refractivity contribution in [2.75, 3.05) is 0 Å². The Kier molecular flexibility index (Phi) is 6.49. The van der Waals surface area contributed by atoms with Gasteiger partial charge in [0, 0.05) is 12.6 Å². The Labute approximate surface area is 177 Å². The molecule has 2 heteroatoms. The van der Waals surface area contributed by atoms with Gasteiger partial charge >= 0.3 is 0 Å². The van der Waals surface area contributed by atoms with Crippen LogP contribution in [0.15, 0.2) is 36.4 Å². The minimum Gasteiger partial charge on any atom is -0.490 e. The van der Waals surface area contributed by atoms with Crippen molar-refractivity contribution in [3.8, 4) is 5.75 Å². The summed E-state index contributed by atoms with van der Waals surface area (Å²) in [5, 5.41) is 6.36. The van der Waals surface area contributed by atoms with E-state index in [9.17, 15) is 0 Å². The summed E-state index contributed by atoms with van der Waals surface area (Å²) in [5.41, 5.74) is 1.81. The molecule has 0 saturated heterocycles. The van der Waals surface area contributed by atoms with Crippen molar-refractivity contribution < 1.29 is 4.74 Å². The maximum Gasteiger partial charge on any atom is 0.120 e. The molecular weight excluding hydrogens is 354 g/mol. The van der Waals surface area contributed by atoms with Crippen LogP contribution < -0.4 is 10.1 Å². The zero-order valence-electron chi connectivity index (χ0n) is 18.7. The van der Waals surface area contributed by atoms with E-state index < -0.39 is 0 Å². The predicted molar refractivity (Wildman–Crippen MR) is 123 cm³/mol. The Bertz CT molecular complexity index is 792. The molecule has 2 aromatic rings. The van der Waals surface area contributed by atoms with Crippen LogP contribution in [0.1, 0.15) is 84.1 Å². The monoisotopic (exact) mass is 393 g/mol. The number of hydrogen-bond donors (Lipinski definition) is 1. The average Bonchev–Trinajstić information content (AvgIpc) is 2.73. The maximum atomic E-state index is 6.37. The molecule has 4 rings (SSSR count). The van der Waals surface area contributed by atoms with Crippen molar-refractivity contribution in [1.29, 1.82) is 0 Å². The highest BCUT2D eigenvalue weighted by Gasteiger charge is 2.30. The maximum absolute atomic E-state index is 6.37. The summed E-state index contributed by atoms with van der Waals surface area (Å²) in [6, 6.07) is 14.2. The lowest BCUT2D eigenvalue weighted by Gasteiger charge is -2.37. The molecule has 2 aliphatic rings. The van der Waals surface area contributed by atoms with Crippen LogP contribution in [0.25, 0.3) is 10.8 Å². The van der Waals surface area contributed by atoms with Crippen molar-refractivity contribution in [1.82, 2.24) is 5.32 Å². The second kappa shape index (κ2) is 9.08. The number of rotatable bonds is 5. The van der Waals surface area contributed by atoms with Crippen LogP contribution in [0.5, 0.6) is 5.75 Å². The number of nitrogens with one attached hydrogen (secondary N) is 1. The molecule has 1 N–H and O–H groups in total. The van der Waals surface area contributed by atoms with Gasteiger partial charge in [0.05, 0.1) is 6.10 Å². The highest BCUT2D eigenvalue weighted by Crippen LogP contribution is 2.39. The molecule has 0 atom stereocenters. The number of ether oxygens (including phenoxy) is 1. The van der Waals surface area contributed by atoms with Gasteiger partial charge in [0.1, 0.15) is 5.75 Å². The zero-order valence-corrected chi connectivity index (χ0v) is 18.7. The van der Waals surface area contributed by atoms with E-state index >= 15 is 0 Å². The molecule has 2 saturated carbocycles. The van der Waals surface area contributed by atoms with Crippen LogP contribution in [0.3, 0.4) is 0 Å². The first kappa shape index (κ1) is 20.7. The summed E-state index contributed by atoms with van der Waals surface area (Å²) in [7, 11) is 0. The minimum absolute atomic E-state index is 0.380. The predicted octanol–water partition coefficient (Wildman–Crippen LogP) is 7.25. The van der Waals surface area contributed by atoms with E-state index in [2.05, 4.69) is 62.5 Å². The molecule has 0 aliphatic heterocycles. The zero-order chi connectivity index (χ0) is 20.3. The topological polar surface area (TPSA) is 21.3 Å².